The number of hydrogen-bond acceptors (Lipinski definition) is 4. The molecule has 0 atom stereocenters. The zero-order valence-electron chi connectivity index (χ0n) is 11.9. The van der Waals surface area contributed by atoms with Crippen LogP contribution in [0.4, 0.5) is 10.1 Å². The molecule has 0 aliphatic carbocycles. The summed E-state index contributed by atoms with van der Waals surface area (Å²) in [5, 5.41) is 10.3. The number of ketones is 1. The van der Waals surface area contributed by atoms with E-state index in [1.807, 2.05) is 0 Å². The Bertz CT molecular complexity index is 866. The lowest BCUT2D eigenvalue weighted by Crippen LogP contribution is -1.97. The van der Waals surface area contributed by atoms with Gasteiger partial charge in [-0.3, -0.25) is 4.79 Å². The van der Waals surface area contributed by atoms with Crippen LogP contribution in [0.25, 0.3) is 22.3 Å². The number of nitrogens with two attached hydrogens (primary N) is 1. The lowest BCUT2D eigenvalue weighted by Gasteiger charge is -2.02. The van der Waals surface area contributed by atoms with Crippen molar-refractivity contribution >= 4 is 22.4 Å². The van der Waals surface area contributed by atoms with Crippen molar-refractivity contribution < 1.29 is 18.7 Å². The van der Waals surface area contributed by atoms with Crippen molar-refractivity contribution in [1.82, 2.24) is 0 Å². The van der Waals surface area contributed by atoms with Crippen LogP contribution < -0.4 is 5.73 Å². The second kappa shape index (κ2) is 5.18. The van der Waals surface area contributed by atoms with Gasteiger partial charge in [-0.1, -0.05) is 6.92 Å². The van der Waals surface area contributed by atoms with Crippen LogP contribution in [0.5, 0.6) is 5.75 Å². The van der Waals surface area contributed by atoms with E-state index in [1.54, 1.807) is 19.1 Å². The fourth-order valence-corrected chi connectivity index (χ4v) is 2.41. The minimum atomic E-state index is -0.370. The first-order valence-electron chi connectivity index (χ1n) is 6.85. The number of furan rings is 1. The Balaban J connectivity index is 2.33. The maximum atomic E-state index is 13.1. The van der Waals surface area contributed by atoms with E-state index >= 15 is 0 Å². The number of carbonyl (C=O) groups excluding carboxylic acids is 1. The Morgan fingerprint density at radius 1 is 1.27 bits per heavy atom. The van der Waals surface area contributed by atoms with Crippen molar-refractivity contribution in [3.05, 3.63) is 47.8 Å². The third kappa shape index (κ3) is 2.20. The lowest BCUT2D eigenvalue weighted by atomic mass is 10.0. The highest BCUT2D eigenvalue weighted by molar-refractivity contribution is 6.12. The Morgan fingerprint density at radius 3 is 2.59 bits per heavy atom. The number of fused-ring (bicyclic) bond motifs is 1. The molecular weight excluding hydrogens is 285 g/mol. The predicted molar refractivity (Wildman–Crippen MR) is 82.3 cm³/mol. The van der Waals surface area contributed by atoms with E-state index in [0.717, 1.165) is 0 Å². The topological polar surface area (TPSA) is 76.5 Å². The maximum absolute atomic E-state index is 13.1. The monoisotopic (exact) mass is 299 g/mol. The molecule has 1 heterocycles. The van der Waals surface area contributed by atoms with Crippen LogP contribution in [0.2, 0.25) is 0 Å². The minimum Gasteiger partial charge on any atom is -0.506 e. The minimum absolute atomic E-state index is 0.107. The van der Waals surface area contributed by atoms with Crippen molar-refractivity contribution in [3.63, 3.8) is 0 Å². The molecule has 0 aliphatic heterocycles. The smallest absolute Gasteiger partial charge is 0.167 e. The van der Waals surface area contributed by atoms with Gasteiger partial charge in [0.1, 0.15) is 22.9 Å². The molecule has 3 aromatic rings. The standard InChI is InChI=1S/C17H14FNO3/c1-2-13(20)16-11-7-14(21)12(19)8-15(11)22-17(16)9-3-5-10(18)6-4-9/h3-8,21H,2,19H2,1H3. The van der Waals surface area contributed by atoms with Crippen LogP contribution in [-0.4, -0.2) is 10.9 Å². The second-order valence-electron chi connectivity index (χ2n) is 5.00. The van der Waals surface area contributed by atoms with Gasteiger partial charge in [0.15, 0.2) is 5.78 Å². The summed E-state index contributed by atoms with van der Waals surface area (Å²) in [6.45, 7) is 1.74. The van der Waals surface area contributed by atoms with Crippen molar-refractivity contribution in [2.75, 3.05) is 5.73 Å². The molecule has 0 radical (unpaired) electrons. The number of carbonyl (C=O) groups is 1. The normalized spacial score (nSPS) is 11.0. The Morgan fingerprint density at radius 2 is 1.95 bits per heavy atom. The first kappa shape index (κ1) is 14.1. The van der Waals surface area contributed by atoms with Crippen LogP contribution in [0, 0.1) is 5.82 Å². The van der Waals surface area contributed by atoms with Gasteiger partial charge >= 0.3 is 0 Å². The molecule has 2 aromatic carbocycles. The van der Waals surface area contributed by atoms with Gasteiger partial charge in [0.2, 0.25) is 0 Å². The Labute approximate surface area is 126 Å². The second-order valence-corrected chi connectivity index (χ2v) is 5.00. The molecule has 0 spiro atoms. The number of Topliss-reactive ketones (excluding diaryl/α,β-unsaturated/α-hetero) is 1. The van der Waals surface area contributed by atoms with E-state index < -0.39 is 0 Å². The molecule has 3 N–H and O–H groups in total. The zero-order valence-corrected chi connectivity index (χ0v) is 11.9. The molecule has 1 aromatic heterocycles. The molecule has 3 rings (SSSR count). The number of aromatic hydroxyl groups is 1. The van der Waals surface area contributed by atoms with Gasteiger partial charge in [-0.05, 0) is 30.3 Å². The van der Waals surface area contributed by atoms with Crippen molar-refractivity contribution in [1.29, 1.82) is 0 Å². The van der Waals surface area contributed by atoms with Gasteiger partial charge in [0.25, 0.3) is 0 Å². The number of benzene rings is 2. The van der Waals surface area contributed by atoms with E-state index in [4.69, 9.17) is 10.2 Å². The summed E-state index contributed by atoms with van der Waals surface area (Å²) in [6, 6.07) is 8.59. The fourth-order valence-electron chi connectivity index (χ4n) is 2.41. The molecule has 0 amide bonds. The number of halogens is 1. The molecule has 5 heteroatoms. The molecule has 22 heavy (non-hydrogen) atoms. The van der Waals surface area contributed by atoms with Gasteiger partial charge in [-0.2, -0.15) is 0 Å². The summed E-state index contributed by atoms with van der Waals surface area (Å²) in [5.74, 6) is -0.247. The number of hydrogen-bond donors (Lipinski definition) is 2. The SMILES string of the molecule is CCC(=O)c1c(-c2ccc(F)cc2)oc2cc(N)c(O)cc12. The molecule has 112 valence electrons. The summed E-state index contributed by atoms with van der Waals surface area (Å²) < 4.78 is 18.8. The highest BCUT2D eigenvalue weighted by atomic mass is 19.1. The number of nitrogen functional groups attached to an aromatic ring is 1. The highest BCUT2D eigenvalue weighted by Gasteiger charge is 2.22. The van der Waals surface area contributed by atoms with Gasteiger partial charge in [0.05, 0.1) is 11.3 Å². The highest BCUT2D eigenvalue weighted by Crippen LogP contribution is 2.38. The van der Waals surface area contributed by atoms with E-state index in [-0.39, 0.29) is 29.5 Å². The summed E-state index contributed by atoms with van der Waals surface area (Å²) in [4.78, 5) is 12.3. The number of phenols is 1. The van der Waals surface area contributed by atoms with Crippen molar-refractivity contribution in [2.24, 2.45) is 0 Å². The van der Waals surface area contributed by atoms with Gasteiger partial charge < -0.3 is 15.3 Å². The summed E-state index contributed by atoms with van der Waals surface area (Å²) >= 11 is 0. The van der Waals surface area contributed by atoms with Gasteiger partial charge in [-0.25, -0.2) is 4.39 Å². The van der Waals surface area contributed by atoms with E-state index in [1.165, 1.54) is 24.3 Å². The van der Waals surface area contributed by atoms with Crippen LogP contribution in [0.3, 0.4) is 0 Å². The van der Waals surface area contributed by atoms with Gasteiger partial charge in [-0.15, -0.1) is 0 Å². The summed E-state index contributed by atoms with van der Waals surface area (Å²) in [5.41, 5.74) is 7.21. The van der Waals surface area contributed by atoms with E-state index in [9.17, 15) is 14.3 Å². The first-order valence-corrected chi connectivity index (χ1v) is 6.85. The van der Waals surface area contributed by atoms with Crippen molar-refractivity contribution in [2.45, 2.75) is 13.3 Å². The fraction of sp³-hybridized carbons (Fsp3) is 0.118. The van der Waals surface area contributed by atoms with E-state index in [2.05, 4.69) is 0 Å². The predicted octanol–water partition coefficient (Wildman–Crippen LogP) is 4.12. The molecule has 0 bridgehead atoms. The van der Waals surface area contributed by atoms with Gasteiger partial charge in [0, 0.05) is 23.4 Å². The molecule has 4 nitrogen and oxygen atoms in total. The number of anilines is 1. The van der Waals surface area contributed by atoms with Crippen molar-refractivity contribution in [3.8, 4) is 17.1 Å². The molecule has 0 saturated carbocycles. The van der Waals surface area contributed by atoms with Crippen LogP contribution in [0.1, 0.15) is 23.7 Å². The van der Waals surface area contributed by atoms with Crippen LogP contribution >= 0.6 is 0 Å². The quantitative estimate of drug-likeness (QED) is 0.433. The van der Waals surface area contributed by atoms with E-state index in [0.29, 0.717) is 27.9 Å². The zero-order chi connectivity index (χ0) is 15.9. The maximum Gasteiger partial charge on any atom is 0.167 e. The van der Waals surface area contributed by atoms with Crippen LogP contribution in [0.15, 0.2) is 40.8 Å². The van der Waals surface area contributed by atoms with Crippen LogP contribution in [-0.2, 0) is 0 Å². The Kier molecular flexibility index (Phi) is 3.33. The molecule has 0 unspecified atom stereocenters. The molecule has 0 saturated heterocycles. The average Bonchev–Trinajstić information content (AvgIpc) is 2.86. The molecule has 0 aliphatic rings. The third-order valence-corrected chi connectivity index (χ3v) is 3.54. The lowest BCUT2D eigenvalue weighted by molar-refractivity contribution is 0.0989. The molecular formula is C17H14FNO3. The summed E-state index contributed by atoms with van der Waals surface area (Å²) in [7, 11) is 0. The number of phenolic OH excluding ortho intramolecular Hbond substituents is 1. The first-order chi connectivity index (χ1) is 10.5. The third-order valence-electron chi connectivity index (χ3n) is 3.54. The molecule has 0 fully saturated rings. The number of rotatable bonds is 3. The average molecular weight is 299 g/mol. The Hall–Kier alpha value is -2.82. The summed E-state index contributed by atoms with van der Waals surface area (Å²) in [6.07, 6.45) is 0.286. The largest absolute Gasteiger partial charge is 0.506 e.